The Morgan fingerprint density at radius 3 is 2.53 bits per heavy atom. The number of Topliss-reactive ketones (excluding diaryl/α,β-unsaturated/α-hetero) is 1. The van der Waals surface area contributed by atoms with E-state index in [-0.39, 0.29) is 11.7 Å². The molecule has 3 aliphatic rings. The first-order valence-corrected chi connectivity index (χ1v) is 13.0. The average molecular weight is 521 g/mol. The maximum Gasteiger partial charge on any atom is 0.337 e. The van der Waals surface area contributed by atoms with Gasteiger partial charge in [-0.3, -0.25) is 9.59 Å². The number of esters is 1. The van der Waals surface area contributed by atoms with Gasteiger partial charge < -0.3 is 29.1 Å². The predicted molar refractivity (Wildman–Crippen MR) is 135 cm³/mol. The molecule has 9 nitrogen and oxygen atoms in total. The van der Waals surface area contributed by atoms with Crippen molar-refractivity contribution in [3.05, 3.63) is 70.3 Å². The van der Waals surface area contributed by atoms with Gasteiger partial charge in [-0.05, 0) is 47.9 Å². The highest BCUT2D eigenvalue weighted by Gasteiger charge is 2.44. The Bertz CT molecular complexity index is 1260. The van der Waals surface area contributed by atoms with Gasteiger partial charge in [0.1, 0.15) is 24.9 Å². The molecule has 2 saturated heterocycles. The van der Waals surface area contributed by atoms with Gasteiger partial charge >= 0.3 is 5.97 Å². The van der Waals surface area contributed by atoms with E-state index in [0.717, 1.165) is 30.9 Å². The number of ketones is 1. The summed E-state index contributed by atoms with van der Waals surface area (Å²) in [5, 5.41) is 13.8. The minimum Gasteiger partial charge on any atom is -0.872 e. The normalized spacial score (nSPS) is 22.8. The SMILES string of the molecule is COC(=O)c1ccc(C2C(=C([O-])c3ccc4c(c3)CC(C)O4)C(=O)C(=O)N2CCC[NH+]2CCOCC2)cc1. The Morgan fingerprint density at radius 2 is 1.82 bits per heavy atom. The van der Waals surface area contributed by atoms with Gasteiger partial charge in [-0.2, -0.15) is 0 Å². The molecule has 2 aromatic rings. The maximum atomic E-state index is 13.8. The van der Waals surface area contributed by atoms with Gasteiger partial charge in [0.25, 0.3) is 5.91 Å². The van der Waals surface area contributed by atoms with Crippen molar-refractivity contribution in [2.24, 2.45) is 0 Å². The molecule has 0 saturated carbocycles. The summed E-state index contributed by atoms with van der Waals surface area (Å²) in [6.07, 6.45) is 1.37. The van der Waals surface area contributed by atoms with Gasteiger partial charge in [-0.25, -0.2) is 4.79 Å². The van der Waals surface area contributed by atoms with E-state index in [4.69, 9.17) is 14.2 Å². The molecule has 0 spiro atoms. The number of hydrogen-bond donors (Lipinski definition) is 1. The molecule has 3 aliphatic heterocycles. The standard InChI is InChI=1S/C29H32N2O7/c1-18-16-22-17-21(8-9-23(22)38-18)26(32)24-25(19-4-6-20(7-5-19)29(35)36-2)31(28(34)27(24)33)11-3-10-30-12-14-37-15-13-30/h4-9,17-18,25,32H,3,10-16H2,1-2H3. The van der Waals surface area contributed by atoms with E-state index in [1.165, 1.54) is 16.9 Å². The molecule has 3 heterocycles. The lowest BCUT2D eigenvalue weighted by molar-refractivity contribution is -0.908. The number of benzene rings is 2. The smallest absolute Gasteiger partial charge is 0.337 e. The third kappa shape index (κ3) is 5.04. The molecule has 1 N–H and O–H groups in total. The molecule has 2 atom stereocenters. The number of rotatable bonds is 7. The number of quaternary nitrogens is 1. The van der Waals surface area contributed by atoms with E-state index >= 15 is 0 Å². The molecular weight excluding hydrogens is 488 g/mol. The lowest BCUT2D eigenvalue weighted by Crippen LogP contribution is -3.14. The van der Waals surface area contributed by atoms with Crippen LogP contribution in [0.25, 0.3) is 5.76 Å². The molecule has 5 rings (SSSR count). The fourth-order valence-corrected chi connectivity index (χ4v) is 5.50. The first-order chi connectivity index (χ1) is 18.4. The fraction of sp³-hybridized carbons (Fsp3) is 0.414. The summed E-state index contributed by atoms with van der Waals surface area (Å²) in [6.45, 7) is 6.36. The molecule has 0 aromatic heterocycles. The molecule has 0 bridgehead atoms. The van der Waals surface area contributed by atoms with Gasteiger partial charge in [0.2, 0.25) is 5.78 Å². The van der Waals surface area contributed by atoms with Gasteiger partial charge in [0.15, 0.2) is 0 Å². The first kappa shape index (κ1) is 25.9. The Balaban J connectivity index is 1.49. The average Bonchev–Trinajstić information content (AvgIpc) is 3.44. The van der Waals surface area contributed by atoms with E-state index in [0.29, 0.717) is 49.3 Å². The molecule has 0 radical (unpaired) electrons. The molecule has 38 heavy (non-hydrogen) atoms. The van der Waals surface area contributed by atoms with Crippen molar-refractivity contribution in [3.63, 3.8) is 0 Å². The van der Waals surface area contributed by atoms with Crippen molar-refractivity contribution in [3.8, 4) is 5.75 Å². The van der Waals surface area contributed by atoms with Gasteiger partial charge in [-0.1, -0.05) is 24.0 Å². The first-order valence-electron chi connectivity index (χ1n) is 13.0. The Labute approximate surface area is 221 Å². The molecule has 200 valence electrons. The summed E-state index contributed by atoms with van der Waals surface area (Å²) in [6, 6.07) is 10.8. The lowest BCUT2D eigenvalue weighted by Gasteiger charge is -2.29. The number of hydrogen-bond acceptors (Lipinski definition) is 7. The molecular formula is C29H32N2O7. The number of nitrogens with one attached hydrogen (secondary N) is 1. The number of morpholine rings is 1. The topological polar surface area (TPSA) is 110 Å². The van der Waals surface area contributed by atoms with Crippen LogP contribution in [-0.2, 0) is 25.5 Å². The van der Waals surface area contributed by atoms with Crippen molar-refractivity contribution >= 4 is 23.4 Å². The van der Waals surface area contributed by atoms with Crippen molar-refractivity contribution in [1.82, 2.24) is 4.90 Å². The van der Waals surface area contributed by atoms with Crippen LogP contribution in [0.3, 0.4) is 0 Å². The number of amides is 1. The zero-order valence-corrected chi connectivity index (χ0v) is 21.7. The number of methoxy groups -OCH3 is 1. The third-order valence-electron chi connectivity index (χ3n) is 7.46. The number of likely N-dealkylation sites (tertiary alicyclic amines) is 1. The van der Waals surface area contributed by atoms with Crippen LogP contribution in [0.4, 0.5) is 0 Å². The quantitative estimate of drug-likeness (QED) is 0.243. The van der Waals surface area contributed by atoms with Crippen LogP contribution in [0.1, 0.15) is 46.4 Å². The van der Waals surface area contributed by atoms with Crippen LogP contribution in [-0.4, -0.2) is 75.2 Å². The summed E-state index contributed by atoms with van der Waals surface area (Å²) in [4.78, 5) is 41.4. The summed E-state index contributed by atoms with van der Waals surface area (Å²) in [5.41, 5.74) is 2.14. The fourth-order valence-electron chi connectivity index (χ4n) is 5.50. The summed E-state index contributed by atoms with van der Waals surface area (Å²) >= 11 is 0. The van der Waals surface area contributed by atoms with Gasteiger partial charge in [-0.15, -0.1) is 0 Å². The van der Waals surface area contributed by atoms with Crippen LogP contribution in [0.15, 0.2) is 48.0 Å². The number of carbonyl (C=O) groups is 3. The molecule has 9 heteroatoms. The second kappa shape index (κ2) is 11.0. The van der Waals surface area contributed by atoms with Crippen LogP contribution in [0.5, 0.6) is 5.75 Å². The van der Waals surface area contributed by atoms with Crippen LogP contribution in [0, 0.1) is 0 Å². The molecule has 2 fully saturated rings. The minimum atomic E-state index is -0.836. The summed E-state index contributed by atoms with van der Waals surface area (Å²) in [5.74, 6) is -1.68. The van der Waals surface area contributed by atoms with Crippen molar-refractivity contribution in [2.75, 3.05) is 46.5 Å². The highest BCUT2D eigenvalue weighted by atomic mass is 16.5. The van der Waals surface area contributed by atoms with Crippen molar-refractivity contribution < 1.29 is 38.6 Å². The Kier molecular flexibility index (Phi) is 7.49. The lowest BCUT2D eigenvalue weighted by atomic mass is 9.94. The molecule has 0 aliphatic carbocycles. The van der Waals surface area contributed by atoms with Crippen molar-refractivity contribution in [1.29, 1.82) is 0 Å². The monoisotopic (exact) mass is 520 g/mol. The zero-order valence-electron chi connectivity index (χ0n) is 21.7. The predicted octanol–water partition coefficient (Wildman–Crippen LogP) is 0.326. The number of nitrogens with zero attached hydrogens (tertiary/aromatic N) is 1. The second-order valence-electron chi connectivity index (χ2n) is 10.0. The number of ether oxygens (including phenoxy) is 3. The maximum absolute atomic E-state index is 13.8. The molecule has 1 amide bonds. The van der Waals surface area contributed by atoms with Gasteiger partial charge in [0, 0.05) is 25.0 Å². The van der Waals surface area contributed by atoms with E-state index in [1.807, 2.05) is 6.92 Å². The highest BCUT2D eigenvalue weighted by molar-refractivity contribution is 6.46. The van der Waals surface area contributed by atoms with Gasteiger partial charge in [0.05, 0.1) is 38.5 Å². The minimum absolute atomic E-state index is 0.0165. The van der Waals surface area contributed by atoms with E-state index < -0.39 is 29.5 Å². The highest BCUT2D eigenvalue weighted by Crippen LogP contribution is 2.40. The number of carbonyl (C=O) groups excluding carboxylic acids is 3. The molecule has 2 aromatic carbocycles. The largest absolute Gasteiger partial charge is 0.872 e. The van der Waals surface area contributed by atoms with Crippen LogP contribution >= 0.6 is 0 Å². The second-order valence-corrected chi connectivity index (χ2v) is 10.0. The van der Waals surface area contributed by atoms with Crippen LogP contribution in [0.2, 0.25) is 0 Å². The van der Waals surface area contributed by atoms with E-state index in [1.54, 1.807) is 42.5 Å². The molecule has 2 unspecified atom stereocenters. The third-order valence-corrected chi connectivity index (χ3v) is 7.46. The Morgan fingerprint density at radius 1 is 1.11 bits per heavy atom. The number of fused-ring (bicyclic) bond motifs is 1. The zero-order chi connectivity index (χ0) is 26.8. The Hall–Kier alpha value is -3.69. The van der Waals surface area contributed by atoms with E-state index in [2.05, 4.69) is 0 Å². The summed E-state index contributed by atoms with van der Waals surface area (Å²) in [7, 11) is 1.30. The summed E-state index contributed by atoms with van der Waals surface area (Å²) < 4.78 is 16.0. The van der Waals surface area contributed by atoms with Crippen LogP contribution < -0.4 is 14.7 Å². The van der Waals surface area contributed by atoms with Crippen molar-refractivity contribution in [2.45, 2.75) is 31.9 Å². The van der Waals surface area contributed by atoms with E-state index in [9.17, 15) is 19.5 Å².